The van der Waals surface area contributed by atoms with Crippen LogP contribution >= 0.6 is 15.9 Å². The molecule has 0 unspecified atom stereocenters. The molecule has 1 aromatic rings. The van der Waals surface area contributed by atoms with Crippen molar-refractivity contribution in [1.82, 2.24) is 5.32 Å². The number of non-ortho nitro benzene ring substituents is 1. The molecular weight excluding hydrogens is 310 g/mol. The zero-order chi connectivity index (χ0) is 13.8. The maximum absolute atomic E-state index is 10.7. The molecule has 1 saturated heterocycles. The van der Waals surface area contributed by atoms with E-state index in [0.29, 0.717) is 5.92 Å². The van der Waals surface area contributed by atoms with E-state index in [1.165, 1.54) is 12.8 Å². The minimum Gasteiger partial charge on any atom is -0.373 e. The molecule has 0 amide bonds. The number of piperidine rings is 1. The number of hydrogen-bond donors (Lipinski definition) is 1. The molecule has 0 atom stereocenters. The summed E-state index contributed by atoms with van der Waals surface area (Å²) in [5, 5.41) is 14.1. The first-order valence-corrected chi connectivity index (χ1v) is 7.23. The third-order valence-electron chi connectivity index (χ3n) is 3.54. The highest BCUT2D eigenvalue weighted by molar-refractivity contribution is 9.10. The van der Waals surface area contributed by atoms with E-state index in [0.717, 1.165) is 29.8 Å². The van der Waals surface area contributed by atoms with Crippen LogP contribution in [0.1, 0.15) is 12.8 Å². The molecule has 5 nitrogen and oxygen atoms in total. The third-order valence-corrected chi connectivity index (χ3v) is 4.18. The lowest BCUT2D eigenvalue weighted by atomic mass is 9.97. The second-order valence-corrected chi connectivity index (χ2v) is 5.82. The van der Waals surface area contributed by atoms with Crippen molar-refractivity contribution in [2.75, 3.05) is 31.6 Å². The summed E-state index contributed by atoms with van der Waals surface area (Å²) < 4.78 is 0.776. The van der Waals surface area contributed by atoms with E-state index in [1.807, 2.05) is 13.1 Å². The van der Waals surface area contributed by atoms with Crippen molar-refractivity contribution >= 4 is 27.3 Å². The molecule has 1 fully saturated rings. The van der Waals surface area contributed by atoms with Crippen LogP contribution in [0.25, 0.3) is 0 Å². The van der Waals surface area contributed by atoms with Crippen molar-refractivity contribution < 1.29 is 4.92 Å². The van der Waals surface area contributed by atoms with Gasteiger partial charge in [0.1, 0.15) is 0 Å². The first-order chi connectivity index (χ1) is 9.08. The van der Waals surface area contributed by atoms with Crippen molar-refractivity contribution in [2.45, 2.75) is 12.8 Å². The fourth-order valence-electron chi connectivity index (χ4n) is 2.47. The molecule has 19 heavy (non-hydrogen) atoms. The quantitative estimate of drug-likeness (QED) is 0.682. The Hall–Kier alpha value is -1.14. The summed E-state index contributed by atoms with van der Waals surface area (Å²) in [6.45, 7) is 3.15. The summed E-state index contributed by atoms with van der Waals surface area (Å²) >= 11 is 3.42. The van der Waals surface area contributed by atoms with Crippen LogP contribution in [0.2, 0.25) is 0 Å². The Morgan fingerprint density at radius 2 is 2.16 bits per heavy atom. The number of nitro benzene ring substituents is 1. The molecule has 0 bridgehead atoms. The van der Waals surface area contributed by atoms with Crippen molar-refractivity contribution in [3.63, 3.8) is 0 Å². The van der Waals surface area contributed by atoms with E-state index in [9.17, 15) is 10.1 Å². The van der Waals surface area contributed by atoms with Gasteiger partial charge < -0.3 is 10.2 Å². The van der Waals surface area contributed by atoms with Gasteiger partial charge in [-0.1, -0.05) is 0 Å². The Morgan fingerprint density at radius 1 is 1.47 bits per heavy atom. The van der Waals surface area contributed by atoms with Crippen molar-refractivity contribution in [3.05, 3.63) is 32.8 Å². The molecule has 1 aliphatic rings. The standard InChI is InChI=1S/C13H18BrN3O2/c1-16(9-10-4-6-15-7-5-10)13-3-2-11(17(18)19)8-12(13)14/h2-3,8,10,15H,4-7,9H2,1H3. The second-order valence-electron chi connectivity index (χ2n) is 4.97. The van der Waals surface area contributed by atoms with Crippen molar-refractivity contribution in [3.8, 4) is 0 Å². The molecule has 1 aromatic carbocycles. The van der Waals surface area contributed by atoms with E-state index in [4.69, 9.17) is 0 Å². The Morgan fingerprint density at radius 3 is 2.74 bits per heavy atom. The molecule has 1 N–H and O–H groups in total. The number of rotatable bonds is 4. The first kappa shape index (κ1) is 14.3. The number of nitrogens with one attached hydrogen (secondary N) is 1. The molecular formula is C13H18BrN3O2. The van der Waals surface area contributed by atoms with Gasteiger partial charge in [-0.25, -0.2) is 0 Å². The summed E-state index contributed by atoms with van der Waals surface area (Å²) in [5.41, 5.74) is 1.12. The van der Waals surface area contributed by atoms with E-state index in [1.54, 1.807) is 12.1 Å². The lowest BCUT2D eigenvalue weighted by molar-refractivity contribution is -0.384. The van der Waals surface area contributed by atoms with Gasteiger partial charge in [0, 0.05) is 30.2 Å². The van der Waals surface area contributed by atoms with Gasteiger partial charge in [0.15, 0.2) is 0 Å². The predicted octanol–water partition coefficient (Wildman–Crippen LogP) is 2.79. The van der Waals surface area contributed by atoms with Crippen LogP contribution in [-0.4, -0.2) is 31.6 Å². The van der Waals surface area contributed by atoms with Crippen LogP contribution in [-0.2, 0) is 0 Å². The minimum absolute atomic E-state index is 0.117. The van der Waals surface area contributed by atoms with Gasteiger partial charge in [0.25, 0.3) is 5.69 Å². The molecule has 0 saturated carbocycles. The molecule has 1 heterocycles. The van der Waals surface area contributed by atoms with Gasteiger partial charge in [-0.3, -0.25) is 10.1 Å². The fraction of sp³-hybridized carbons (Fsp3) is 0.538. The largest absolute Gasteiger partial charge is 0.373 e. The van der Waals surface area contributed by atoms with Crippen molar-refractivity contribution in [1.29, 1.82) is 0 Å². The SMILES string of the molecule is CN(CC1CCNCC1)c1ccc([N+](=O)[O-])cc1Br. The van der Waals surface area contributed by atoms with Gasteiger partial charge in [0.05, 0.1) is 10.6 Å². The Bertz CT molecular complexity index is 461. The Kier molecular flexibility index (Phi) is 4.76. The van der Waals surface area contributed by atoms with E-state index >= 15 is 0 Å². The van der Waals surface area contributed by atoms with E-state index in [2.05, 4.69) is 26.1 Å². The zero-order valence-corrected chi connectivity index (χ0v) is 12.5. The van der Waals surface area contributed by atoms with Crippen LogP contribution < -0.4 is 10.2 Å². The third kappa shape index (κ3) is 3.67. The van der Waals surface area contributed by atoms with Gasteiger partial charge in [-0.2, -0.15) is 0 Å². The number of benzene rings is 1. The Labute approximate surface area is 121 Å². The number of nitrogens with zero attached hydrogens (tertiary/aromatic N) is 2. The van der Waals surface area contributed by atoms with Crippen LogP contribution in [0, 0.1) is 16.0 Å². The monoisotopic (exact) mass is 327 g/mol. The predicted molar refractivity (Wildman–Crippen MR) is 79.7 cm³/mol. The summed E-state index contributed by atoms with van der Waals surface area (Å²) in [7, 11) is 2.04. The topological polar surface area (TPSA) is 58.4 Å². The summed E-state index contributed by atoms with van der Waals surface area (Å²) in [6, 6.07) is 4.93. The molecule has 0 aromatic heterocycles. The molecule has 1 aliphatic heterocycles. The molecule has 6 heteroatoms. The van der Waals surface area contributed by atoms with E-state index < -0.39 is 0 Å². The molecule has 2 rings (SSSR count). The summed E-state index contributed by atoms with van der Waals surface area (Å²) in [6.07, 6.45) is 2.38. The maximum Gasteiger partial charge on any atom is 0.270 e. The highest BCUT2D eigenvalue weighted by Crippen LogP contribution is 2.30. The maximum atomic E-state index is 10.7. The highest BCUT2D eigenvalue weighted by atomic mass is 79.9. The lowest BCUT2D eigenvalue weighted by Gasteiger charge is -2.29. The number of halogens is 1. The lowest BCUT2D eigenvalue weighted by Crippen LogP contribution is -2.34. The average molecular weight is 328 g/mol. The summed E-state index contributed by atoms with van der Waals surface area (Å²) in [5.74, 6) is 0.688. The fourth-order valence-corrected chi connectivity index (χ4v) is 3.14. The first-order valence-electron chi connectivity index (χ1n) is 6.43. The normalized spacial score (nSPS) is 16.3. The number of anilines is 1. The molecule has 104 valence electrons. The van der Waals surface area contributed by atoms with Crippen LogP contribution in [0.4, 0.5) is 11.4 Å². The highest BCUT2D eigenvalue weighted by Gasteiger charge is 2.17. The molecule has 0 radical (unpaired) electrons. The summed E-state index contributed by atoms with van der Waals surface area (Å²) in [4.78, 5) is 12.5. The van der Waals surface area contributed by atoms with Crippen LogP contribution in [0.5, 0.6) is 0 Å². The van der Waals surface area contributed by atoms with Crippen molar-refractivity contribution in [2.24, 2.45) is 5.92 Å². The molecule has 0 aliphatic carbocycles. The molecule has 0 spiro atoms. The average Bonchev–Trinajstić information content (AvgIpc) is 2.39. The van der Waals surface area contributed by atoms with Crippen LogP contribution in [0.3, 0.4) is 0 Å². The number of nitro groups is 1. The van der Waals surface area contributed by atoms with Gasteiger partial charge in [-0.05, 0) is 53.8 Å². The van der Waals surface area contributed by atoms with Gasteiger partial charge in [0.2, 0.25) is 0 Å². The number of hydrogen-bond acceptors (Lipinski definition) is 4. The van der Waals surface area contributed by atoms with Crippen LogP contribution in [0.15, 0.2) is 22.7 Å². The van der Waals surface area contributed by atoms with Gasteiger partial charge >= 0.3 is 0 Å². The second kappa shape index (κ2) is 6.34. The van der Waals surface area contributed by atoms with Gasteiger partial charge in [-0.15, -0.1) is 0 Å². The minimum atomic E-state index is -0.374. The smallest absolute Gasteiger partial charge is 0.270 e. The zero-order valence-electron chi connectivity index (χ0n) is 10.9. The Balaban J connectivity index is 2.05. The van der Waals surface area contributed by atoms with E-state index in [-0.39, 0.29) is 10.6 Å².